The zero-order chi connectivity index (χ0) is 19.5. The second kappa shape index (κ2) is 8.05. The average molecular weight is 410 g/mol. The van der Waals surface area contributed by atoms with Crippen molar-refractivity contribution in [3.63, 3.8) is 0 Å². The number of hydrogen-bond donors (Lipinski definition) is 1. The van der Waals surface area contributed by atoms with Gasteiger partial charge in [0.25, 0.3) is 5.91 Å². The SMILES string of the molecule is O=C(Nc1ccccc1)C1=NN(c2ccc(Cl)cc2)C(c2ccc(Cl)cc2)C1. The average Bonchev–Trinajstić information content (AvgIpc) is 3.15. The summed E-state index contributed by atoms with van der Waals surface area (Å²) in [5.41, 5.74) is 3.11. The van der Waals surface area contributed by atoms with Crippen LogP contribution in [0.3, 0.4) is 0 Å². The van der Waals surface area contributed by atoms with Crippen molar-refractivity contribution >= 4 is 46.2 Å². The van der Waals surface area contributed by atoms with Gasteiger partial charge in [0, 0.05) is 22.2 Å². The van der Waals surface area contributed by atoms with Gasteiger partial charge >= 0.3 is 0 Å². The molecular weight excluding hydrogens is 393 g/mol. The summed E-state index contributed by atoms with van der Waals surface area (Å²) in [6, 6.07) is 24.3. The van der Waals surface area contributed by atoms with E-state index in [1.54, 1.807) is 0 Å². The molecule has 3 aromatic carbocycles. The van der Waals surface area contributed by atoms with E-state index in [0.29, 0.717) is 22.2 Å². The summed E-state index contributed by atoms with van der Waals surface area (Å²) in [5.74, 6) is -0.207. The molecule has 1 atom stereocenters. The summed E-state index contributed by atoms with van der Waals surface area (Å²) in [7, 11) is 0. The maximum absolute atomic E-state index is 12.8. The number of para-hydroxylation sites is 1. The molecule has 140 valence electrons. The third kappa shape index (κ3) is 4.03. The molecule has 1 N–H and O–H groups in total. The van der Waals surface area contributed by atoms with Gasteiger partial charge in [-0.1, -0.05) is 53.5 Å². The molecule has 1 heterocycles. The van der Waals surface area contributed by atoms with Gasteiger partial charge in [-0.05, 0) is 54.1 Å². The largest absolute Gasteiger partial charge is 0.321 e. The van der Waals surface area contributed by atoms with Crippen molar-refractivity contribution in [3.05, 3.63) is 94.5 Å². The van der Waals surface area contributed by atoms with E-state index in [1.807, 2.05) is 83.9 Å². The molecule has 0 fully saturated rings. The zero-order valence-corrected chi connectivity index (χ0v) is 16.4. The molecule has 0 radical (unpaired) electrons. The Kier molecular flexibility index (Phi) is 5.33. The van der Waals surface area contributed by atoms with Gasteiger partial charge in [-0.2, -0.15) is 5.10 Å². The number of amides is 1. The fourth-order valence-corrected chi connectivity index (χ4v) is 3.40. The highest BCUT2D eigenvalue weighted by atomic mass is 35.5. The third-order valence-electron chi connectivity index (χ3n) is 4.55. The van der Waals surface area contributed by atoms with E-state index in [2.05, 4.69) is 10.4 Å². The monoisotopic (exact) mass is 409 g/mol. The number of nitrogens with one attached hydrogen (secondary N) is 1. The van der Waals surface area contributed by atoms with Crippen molar-refractivity contribution in [2.45, 2.75) is 12.5 Å². The lowest BCUT2D eigenvalue weighted by Crippen LogP contribution is -2.21. The van der Waals surface area contributed by atoms with Crippen LogP contribution in [0.1, 0.15) is 18.0 Å². The van der Waals surface area contributed by atoms with Crippen LogP contribution < -0.4 is 10.3 Å². The van der Waals surface area contributed by atoms with Crippen LogP contribution in [-0.2, 0) is 4.79 Å². The first-order valence-electron chi connectivity index (χ1n) is 8.84. The molecular formula is C22H17Cl2N3O. The minimum absolute atomic E-state index is 0.102. The predicted octanol–water partition coefficient (Wildman–Crippen LogP) is 5.94. The van der Waals surface area contributed by atoms with Gasteiger partial charge < -0.3 is 5.32 Å². The van der Waals surface area contributed by atoms with Crippen molar-refractivity contribution in [1.82, 2.24) is 0 Å². The normalized spacial score (nSPS) is 16.0. The molecule has 28 heavy (non-hydrogen) atoms. The number of benzene rings is 3. The first-order valence-corrected chi connectivity index (χ1v) is 9.60. The number of hydrazone groups is 1. The molecule has 1 aliphatic heterocycles. The van der Waals surface area contributed by atoms with Crippen LogP contribution in [0.4, 0.5) is 11.4 Å². The number of anilines is 2. The maximum Gasteiger partial charge on any atom is 0.271 e. The molecule has 4 nitrogen and oxygen atoms in total. The van der Waals surface area contributed by atoms with Crippen molar-refractivity contribution in [1.29, 1.82) is 0 Å². The summed E-state index contributed by atoms with van der Waals surface area (Å²) in [5, 5.41) is 10.7. The van der Waals surface area contributed by atoms with Crippen LogP contribution in [0, 0.1) is 0 Å². The molecule has 3 aromatic rings. The lowest BCUT2D eigenvalue weighted by molar-refractivity contribution is -0.110. The van der Waals surface area contributed by atoms with E-state index in [4.69, 9.17) is 23.2 Å². The quantitative estimate of drug-likeness (QED) is 0.579. The molecule has 1 amide bonds. The van der Waals surface area contributed by atoms with Crippen LogP contribution in [0.15, 0.2) is 84.0 Å². The summed E-state index contributed by atoms with van der Waals surface area (Å²) in [4.78, 5) is 12.8. The van der Waals surface area contributed by atoms with E-state index in [9.17, 15) is 4.79 Å². The molecule has 0 bridgehead atoms. The molecule has 6 heteroatoms. The highest BCUT2D eigenvalue weighted by molar-refractivity contribution is 6.43. The third-order valence-corrected chi connectivity index (χ3v) is 5.05. The summed E-state index contributed by atoms with van der Waals surface area (Å²) >= 11 is 12.1. The Labute approximate surface area is 173 Å². The summed E-state index contributed by atoms with van der Waals surface area (Å²) < 4.78 is 0. The highest BCUT2D eigenvalue weighted by Gasteiger charge is 2.32. The number of carbonyl (C=O) groups excluding carboxylic acids is 1. The number of nitrogens with zero attached hydrogens (tertiary/aromatic N) is 2. The van der Waals surface area contributed by atoms with Gasteiger partial charge in [0.2, 0.25) is 0 Å². The topological polar surface area (TPSA) is 44.7 Å². The Morgan fingerprint density at radius 2 is 1.50 bits per heavy atom. The van der Waals surface area contributed by atoms with E-state index in [1.165, 1.54) is 0 Å². The van der Waals surface area contributed by atoms with Gasteiger partial charge in [0.1, 0.15) is 5.71 Å². The number of hydrogen-bond acceptors (Lipinski definition) is 3. The lowest BCUT2D eigenvalue weighted by atomic mass is 10.0. The van der Waals surface area contributed by atoms with Gasteiger partial charge in [0.05, 0.1) is 11.7 Å². The van der Waals surface area contributed by atoms with Crippen LogP contribution >= 0.6 is 23.2 Å². The molecule has 0 spiro atoms. The van der Waals surface area contributed by atoms with E-state index in [-0.39, 0.29) is 11.9 Å². The van der Waals surface area contributed by atoms with Crippen molar-refractivity contribution in [2.24, 2.45) is 5.10 Å². The summed E-state index contributed by atoms with van der Waals surface area (Å²) in [6.07, 6.45) is 0.489. The Morgan fingerprint density at radius 3 is 2.14 bits per heavy atom. The molecule has 1 aliphatic rings. The number of rotatable bonds is 4. The van der Waals surface area contributed by atoms with Crippen LogP contribution in [0.5, 0.6) is 0 Å². The molecule has 0 aliphatic carbocycles. The minimum atomic E-state index is -0.207. The molecule has 1 unspecified atom stereocenters. The summed E-state index contributed by atoms with van der Waals surface area (Å²) in [6.45, 7) is 0. The van der Waals surface area contributed by atoms with E-state index >= 15 is 0 Å². The maximum atomic E-state index is 12.8. The van der Waals surface area contributed by atoms with Gasteiger partial charge in [-0.3, -0.25) is 9.80 Å². The van der Waals surface area contributed by atoms with Crippen LogP contribution in [-0.4, -0.2) is 11.6 Å². The van der Waals surface area contributed by atoms with E-state index < -0.39 is 0 Å². The second-order valence-corrected chi connectivity index (χ2v) is 7.33. The Morgan fingerprint density at radius 1 is 0.893 bits per heavy atom. The Bertz CT molecular complexity index is 1000. The van der Waals surface area contributed by atoms with Gasteiger partial charge in [-0.25, -0.2) is 0 Å². The molecule has 0 saturated heterocycles. The lowest BCUT2D eigenvalue weighted by Gasteiger charge is -2.24. The Hall–Kier alpha value is -2.82. The molecule has 4 rings (SSSR count). The number of carbonyl (C=O) groups is 1. The van der Waals surface area contributed by atoms with Crippen molar-refractivity contribution < 1.29 is 4.79 Å². The van der Waals surface area contributed by atoms with Crippen molar-refractivity contribution in [2.75, 3.05) is 10.3 Å². The molecule has 0 aromatic heterocycles. The van der Waals surface area contributed by atoms with Gasteiger partial charge in [0.15, 0.2) is 0 Å². The van der Waals surface area contributed by atoms with Crippen molar-refractivity contribution in [3.8, 4) is 0 Å². The molecule has 0 saturated carbocycles. The first-order chi connectivity index (χ1) is 13.6. The number of halogens is 2. The fourth-order valence-electron chi connectivity index (χ4n) is 3.15. The van der Waals surface area contributed by atoms with E-state index in [0.717, 1.165) is 16.9 Å². The second-order valence-electron chi connectivity index (χ2n) is 6.46. The highest BCUT2D eigenvalue weighted by Crippen LogP contribution is 2.36. The van der Waals surface area contributed by atoms with Gasteiger partial charge in [-0.15, -0.1) is 0 Å². The first kappa shape index (κ1) is 18.5. The standard InChI is InChI=1S/C22H17Cl2N3O/c23-16-8-6-15(7-9-16)21-14-20(22(28)25-18-4-2-1-3-5-18)26-27(21)19-12-10-17(24)11-13-19/h1-13,21H,14H2,(H,25,28). The Balaban J connectivity index is 1.64. The predicted molar refractivity (Wildman–Crippen MR) is 115 cm³/mol. The fraction of sp³-hybridized carbons (Fsp3) is 0.0909. The van der Waals surface area contributed by atoms with Crippen LogP contribution in [0.25, 0.3) is 0 Å². The minimum Gasteiger partial charge on any atom is -0.321 e. The smallest absolute Gasteiger partial charge is 0.271 e. The zero-order valence-electron chi connectivity index (χ0n) is 14.8. The van der Waals surface area contributed by atoms with Crippen LogP contribution in [0.2, 0.25) is 10.0 Å².